The SMILES string of the molecule is COc1ccc(C2=NC(C)(C)CO2)c(C(O)C(C)C)c1. The highest BCUT2D eigenvalue weighted by Crippen LogP contribution is 2.31. The highest BCUT2D eigenvalue weighted by Gasteiger charge is 2.29. The predicted octanol–water partition coefficient (Wildman–Crippen LogP) is 2.94. The van der Waals surface area contributed by atoms with Crippen molar-refractivity contribution in [3.05, 3.63) is 29.3 Å². The van der Waals surface area contributed by atoms with Crippen molar-refractivity contribution in [3.8, 4) is 5.75 Å². The Morgan fingerprint density at radius 3 is 2.55 bits per heavy atom. The van der Waals surface area contributed by atoms with Gasteiger partial charge in [-0.3, -0.25) is 0 Å². The van der Waals surface area contributed by atoms with E-state index < -0.39 is 6.10 Å². The summed E-state index contributed by atoms with van der Waals surface area (Å²) in [6, 6.07) is 5.63. The zero-order valence-electron chi connectivity index (χ0n) is 12.8. The van der Waals surface area contributed by atoms with Crippen LogP contribution in [0.3, 0.4) is 0 Å². The number of benzene rings is 1. The third-order valence-electron chi connectivity index (χ3n) is 3.41. The Morgan fingerprint density at radius 1 is 1.35 bits per heavy atom. The number of hydrogen-bond donors (Lipinski definition) is 1. The van der Waals surface area contributed by atoms with E-state index in [1.165, 1.54) is 0 Å². The molecule has 1 heterocycles. The van der Waals surface area contributed by atoms with Gasteiger partial charge in [-0.1, -0.05) is 13.8 Å². The van der Waals surface area contributed by atoms with Gasteiger partial charge in [0.05, 0.1) is 18.8 Å². The molecular weight excluding hydrogens is 254 g/mol. The molecular formula is C16H23NO3. The minimum absolute atomic E-state index is 0.107. The summed E-state index contributed by atoms with van der Waals surface area (Å²) in [5.74, 6) is 1.43. The molecule has 0 saturated heterocycles. The lowest BCUT2D eigenvalue weighted by atomic mass is 9.94. The number of aliphatic imine (C=N–C) groups is 1. The smallest absolute Gasteiger partial charge is 0.217 e. The molecule has 1 unspecified atom stereocenters. The van der Waals surface area contributed by atoms with Gasteiger partial charge in [0.15, 0.2) is 0 Å². The zero-order chi connectivity index (χ0) is 14.9. The number of ether oxygens (including phenoxy) is 2. The largest absolute Gasteiger partial charge is 0.497 e. The molecule has 0 aromatic heterocycles. The van der Waals surface area contributed by atoms with Crippen LogP contribution in [0.25, 0.3) is 0 Å². The molecule has 110 valence electrons. The van der Waals surface area contributed by atoms with Gasteiger partial charge in [0, 0.05) is 5.56 Å². The molecule has 4 heteroatoms. The first-order valence-corrected chi connectivity index (χ1v) is 6.93. The molecule has 1 aliphatic heterocycles. The fourth-order valence-electron chi connectivity index (χ4n) is 2.19. The van der Waals surface area contributed by atoms with Gasteiger partial charge < -0.3 is 14.6 Å². The summed E-state index contributed by atoms with van der Waals surface area (Å²) in [6.45, 7) is 8.58. The highest BCUT2D eigenvalue weighted by atomic mass is 16.5. The van der Waals surface area contributed by atoms with Crippen LogP contribution < -0.4 is 4.74 Å². The van der Waals surface area contributed by atoms with Crippen LogP contribution in [-0.4, -0.2) is 30.3 Å². The molecule has 0 aliphatic carbocycles. The van der Waals surface area contributed by atoms with Crippen LogP contribution in [0, 0.1) is 5.92 Å². The molecule has 2 rings (SSSR count). The second-order valence-corrected chi connectivity index (χ2v) is 6.16. The van der Waals surface area contributed by atoms with E-state index >= 15 is 0 Å². The van der Waals surface area contributed by atoms with Crippen LogP contribution in [-0.2, 0) is 4.74 Å². The minimum atomic E-state index is -0.574. The molecule has 1 aliphatic rings. The fourth-order valence-corrected chi connectivity index (χ4v) is 2.19. The summed E-state index contributed by atoms with van der Waals surface area (Å²) in [4.78, 5) is 4.59. The Hall–Kier alpha value is -1.55. The lowest BCUT2D eigenvalue weighted by Crippen LogP contribution is -2.17. The maximum absolute atomic E-state index is 10.4. The van der Waals surface area contributed by atoms with Crippen LogP contribution in [0.1, 0.15) is 44.9 Å². The summed E-state index contributed by atoms with van der Waals surface area (Å²) in [6.07, 6.45) is -0.574. The standard InChI is InChI=1S/C16H23NO3/c1-10(2)14(18)13-8-11(19-5)6-7-12(13)15-17-16(3,4)9-20-15/h6-8,10,14,18H,9H2,1-5H3. The third-order valence-corrected chi connectivity index (χ3v) is 3.41. The average molecular weight is 277 g/mol. The topological polar surface area (TPSA) is 51.0 Å². The molecule has 0 spiro atoms. The minimum Gasteiger partial charge on any atom is -0.497 e. The number of aliphatic hydroxyl groups excluding tert-OH is 1. The lowest BCUT2D eigenvalue weighted by molar-refractivity contribution is 0.126. The summed E-state index contributed by atoms with van der Waals surface area (Å²) in [7, 11) is 1.62. The molecule has 0 bridgehead atoms. The first-order chi connectivity index (χ1) is 9.34. The molecule has 0 radical (unpaired) electrons. The molecule has 1 aromatic rings. The molecule has 1 atom stereocenters. The van der Waals surface area contributed by atoms with E-state index in [0.29, 0.717) is 12.5 Å². The van der Waals surface area contributed by atoms with Crippen LogP contribution >= 0.6 is 0 Å². The first kappa shape index (κ1) is 14.9. The van der Waals surface area contributed by atoms with E-state index in [1.807, 2.05) is 45.9 Å². The molecule has 0 amide bonds. The van der Waals surface area contributed by atoms with E-state index in [-0.39, 0.29) is 11.5 Å². The Morgan fingerprint density at radius 2 is 2.05 bits per heavy atom. The van der Waals surface area contributed by atoms with Crippen LogP contribution in [0.4, 0.5) is 0 Å². The van der Waals surface area contributed by atoms with E-state index in [4.69, 9.17) is 9.47 Å². The van der Waals surface area contributed by atoms with Gasteiger partial charge >= 0.3 is 0 Å². The molecule has 4 nitrogen and oxygen atoms in total. The number of rotatable bonds is 4. The molecule has 20 heavy (non-hydrogen) atoms. The average Bonchev–Trinajstić information content (AvgIpc) is 2.77. The summed E-state index contributed by atoms with van der Waals surface area (Å²) < 4.78 is 10.9. The van der Waals surface area contributed by atoms with Gasteiger partial charge in [-0.15, -0.1) is 0 Å². The summed E-state index contributed by atoms with van der Waals surface area (Å²) >= 11 is 0. The zero-order valence-corrected chi connectivity index (χ0v) is 12.8. The van der Waals surface area contributed by atoms with Gasteiger partial charge in [0.1, 0.15) is 12.4 Å². The second-order valence-electron chi connectivity index (χ2n) is 6.16. The van der Waals surface area contributed by atoms with Crippen molar-refractivity contribution in [2.45, 2.75) is 39.3 Å². The Balaban J connectivity index is 2.47. The van der Waals surface area contributed by atoms with Gasteiger partial charge in [0.2, 0.25) is 5.90 Å². The highest BCUT2D eigenvalue weighted by molar-refractivity contribution is 5.97. The fraction of sp³-hybridized carbons (Fsp3) is 0.562. The predicted molar refractivity (Wildman–Crippen MR) is 79.4 cm³/mol. The first-order valence-electron chi connectivity index (χ1n) is 6.93. The Labute approximate surface area is 120 Å². The van der Waals surface area contributed by atoms with Crippen molar-refractivity contribution in [3.63, 3.8) is 0 Å². The van der Waals surface area contributed by atoms with E-state index in [0.717, 1.165) is 16.9 Å². The van der Waals surface area contributed by atoms with E-state index in [2.05, 4.69) is 4.99 Å². The quantitative estimate of drug-likeness (QED) is 0.920. The number of aliphatic hydroxyl groups is 1. The summed E-state index contributed by atoms with van der Waals surface area (Å²) in [5.41, 5.74) is 1.43. The maximum Gasteiger partial charge on any atom is 0.217 e. The van der Waals surface area contributed by atoms with E-state index in [1.54, 1.807) is 7.11 Å². The van der Waals surface area contributed by atoms with Crippen molar-refractivity contribution in [2.75, 3.05) is 13.7 Å². The second kappa shape index (κ2) is 5.44. The van der Waals surface area contributed by atoms with Gasteiger partial charge in [0.25, 0.3) is 0 Å². The number of nitrogens with zero attached hydrogens (tertiary/aromatic N) is 1. The van der Waals surface area contributed by atoms with Gasteiger partial charge in [-0.2, -0.15) is 0 Å². The van der Waals surface area contributed by atoms with Crippen LogP contribution in [0.5, 0.6) is 5.75 Å². The molecule has 1 N–H and O–H groups in total. The normalized spacial score (nSPS) is 18.6. The van der Waals surface area contributed by atoms with Crippen molar-refractivity contribution < 1.29 is 14.6 Å². The van der Waals surface area contributed by atoms with Crippen molar-refractivity contribution in [1.29, 1.82) is 0 Å². The lowest BCUT2D eigenvalue weighted by Gasteiger charge is -2.19. The van der Waals surface area contributed by atoms with E-state index in [9.17, 15) is 5.11 Å². The van der Waals surface area contributed by atoms with Crippen LogP contribution in [0.15, 0.2) is 23.2 Å². The number of methoxy groups -OCH3 is 1. The van der Waals surface area contributed by atoms with Gasteiger partial charge in [-0.25, -0.2) is 4.99 Å². The van der Waals surface area contributed by atoms with Crippen LogP contribution in [0.2, 0.25) is 0 Å². The molecule has 1 aromatic carbocycles. The number of hydrogen-bond acceptors (Lipinski definition) is 4. The third kappa shape index (κ3) is 2.96. The Kier molecular flexibility index (Phi) is 4.04. The molecule has 0 saturated carbocycles. The molecule has 0 fully saturated rings. The maximum atomic E-state index is 10.4. The van der Waals surface area contributed by atoms with Crippen molar-refractivity contribution >= 4 is 5.90 Å². The van der Waals surface area contributed by atoms with Gasteiger partial charge in [-0.05, 0) is 43.5 Å². The van der Waals surface area contributed by atoms with Crippen molar-refractivity contribution in [1.82, 2.24) is 0 Å². The monoisotopic (exact) mass is 277 g/mol. The Bertz CT molecular complexity index is 520. The summed E-state index contributed by atoms with van der Waals surface area (Å²) in [5, 5.41) is 10.4. The van der Waals surface area contributed by atoms with Crippen molar-refractivity contribution in [2.24, 2.45) is 10.9 Å².